The Morgan fingerprint density at radius 3 is 2.94 bits per heavy atom. The maximum Gasteiger partial charge on any atom is 0.341 e. The number of rotatable bonds is 3. The molecule has 4 heteroatoms. The van der Waals surface area contributed by atoms with E-state index in [2.05, 4.69) is 16.0 Å². The molecule has 17 heavy (non-hydrogen) atoms. The quantitative estimate of drug-likeness (QED) is 0.751. The van der Waals surface area contributed by atoms with Crippen LogP contribution < -0.4 is 0 Å². The normalized spacial score (nSPS) is 14.6. The van der Waals surface area contributed by atoms with E-state index in [0.29, 0.717) is 17.9 Å². The number of hydrogen-bond donors (Lipinski definition) is 0. The molecular weight excluding hydrogens is 216 g/mol. The van der Waals surface area contributed by atoms with Crippen molar-refractivity contribution in [3.63, 3.8) is 0 Å². The first-order chi connectivity index (χ1) is 8.22. The van der Waals surface area contributed by atoms with Crippen LogP contribution in [0.3, 0.4) is 0 Å². The van der Waals surface area contributed by atoms with Crippen molar-refractivity contribution >= 4 is 11.5 Å². The second kappa shape index (κ2) is 5.08. The molecule has 90 valence electrons. The van der Waals surface area contributed by atoms with Crippen LogP contribution in [0.2, 0.25) is 0 Å². The lowest BCUT2D eigenvalue weighted by Gasteiger charge is -2.06. The third kappa shape index (κ3) is 2.52. The Hall–Kier alpha value is -1.71. The second-order valence-electron chi connectivity index (χ2n) is 4.03. The van der Waals surface area contributed by atoms with E-state index < -0.39 is 0 Å². The van der Waals surface area contributed by atoms with Gasteiger partial charge in [-0.3, -0.25) is 0 Å². The van der Waals surface area contributed by atoms with Crippen LogP contribution in [0.5, 0.6) is 0 Å². The van der Waals surface area contributed by atoms with Gasteiger partial charge >= 0.3 is 5.97 Å². The Morgan fingerprint density at radius 1 is 1.53 bits per heavy atom. The van der Waals surface area contributed by atoms with Crippen molar-refractivity contribution in [2.75, 3.05) is 6.61 Å². The molecular formula is C13H16N2O2. The zero-order valence-electron chi connectivity index (χ0n) is 10.2. The van der Waals surface area contributed by atoms with Crippen LogP contribution in [0.1, 0.15) is 48.1 Å². The molecule has 0 unspecified atom stereocenters. The SMILES string of the molecule is CCOC(=O)c1cnc(C2=CCCC2)nc1C. The molecule has 0 aliphatic heterocycles. The number of hydrogen-bond acceptors (Lipinski definition) is 4. The highest BCUT2D eigenvalue weighted by atomic mass is 16.5. The Bertz CT molecular complexity index is 466. The van der Waals surface area contributed by atoms with E-state index in [4.69, 9.17) is 4.74 Å². The third-order valence-corrected chi connectivity index (χ3v) is 2.80. The maximum atomic E-state index is 11.6. The highest BCUT2D eigenvalue weighted by Gasteiger charge is 2.15. The minimum absolute atomic E-state index is 0.350. The summed E-state index contributed by atoms with van der Waals surface area (Å²) in [6.45, 7) is 3.96. The monoisotopic (exact) mass is 232 g/mol. The molecule has 1 aromatic heterocycles. The fraction of sp³-hybridized carbons (Fsp3) is 0.462. The third-order valence-electron chi connectivity index (χ3n) is 2.80. The molecule has 0 bridgehead atoms. The van der Waals surface area contributed by atoms with Crippen molar-refractivity contribution in [3.8, 4) is 0 Å². The predicted octanol–water partition coefficient (Wildman–Crippen LogP) is 2.53. The van der Waals surface area contributed by atoms with Crippen molar-refractivity contribution in [2.24, 2.45) is 0 Å². The average Bonchev–Trinajstić information content (AvgIpc) is 2.82. The number of allylic oxidation sites excluding steroid dienone is 2. The van der Waals surface area contributed by atoms with Gasteiger partial charge in [-0.2, -0.15) is 0 Å². The summed E-state index contributed by atoms with van der Waals surface area (Å²) in [5.74, 6) is 0.394. The van der Waals surface area contributed by atoms with Crippen LogP contribution >= 0.6 is 0 Å². The molecule has 0 atom stereocenters. The molecule has 0 spiro atoms. The molecule has 1 aliphatic carbocycles. The molecule has 0 saturated carbocycles. The Labute approximate surface area is 101 Å². The number of aryl methyl sites for hydroxylation is 1. The van der Waals surface area contributed by atoms with E-state index in [1.807, 2.05) is 6.92 Å². The first-order valence-electron chi connectivity index (χ1n) is 5.92. The van der Waals surface area contributed by atoms with Crippen molar-refractivity contribution in [1.29, 1.82) is 0 Å². The molecule has 4 nitrogen and oxygen atoms in total. The highest BCUT2D eigenvalue weighted by Crippen LogP contribution is 2.25. The Kier molecular flexibility index (Phi) is 3.52. The lowest BCUT2D eigenvalue weighted by atomic mass is 10.2. The standard InChI is InChI=1S/C13H16N2O2/c1-3-17-13(16)11-8-14-12(15-9(11)2)10-6-4-5-7-10/h6,8H,3-5,7H2,1-2H3. The fourth-order valence-corrected chi connectivity index (χ4v) is 1.90. The van der Waals surface area contributed by atoms with E-state index in [9.17, 15) is 4.79 Å². The molecule has 0 saturated heterocycles. The summed E-state index contributed by atoms with van der Waals surface area (Å²) in [4.78, 5) is 20.2. The van der Waals surface area contributed by atoms with Gasteiger partial charge < -0.3 is 4.74 Å². The summed E-state index contributed by atoms with van der Waals surface area (Å²) >= 11 is 0. The van der Waals surface area contributed by atoms with Gasteiger partial charge in [0.1, 0.15) is 0 Å². The van der Waals surface area contributed by atoms with Crippen LogP contribution in [0.25, 0.3) is 5.57 Å². The number of carbonyl (C=O) groups is 1. The summed E-state index contributed by atoms with van der Waals surface area (Å²) in [6, 6.07) is 0. The molecule has 0 aromatic carbocycles. The van der Waals surface area contributed by atoms with E-state index in [0.717, 1.165) is 25.1 Å². The first-order valence-corrected chi connectivity index (χ1v) is 5.92. The van der Waals surface area contributed by atoms with E-state index in [1.54, 1.807) is 13.1 Å². The minimum atomic E-state index is -0.350. The van der Waals surface area contributed by atoms with E-state index in [1.165, 1.54) is 5.57 Å². The van der Waals surface area contributed by atoms with Crippen molar-refractivity contribution in [1.82, 2.24) is 9.97 Å². The van der Waals surface area contributed by atoms with Gasteiger partial charge in [0.15, 0.2) is 5.82 Å². The summed E-state index contributed by atoms with van der Waals surface area (Å²) in [6.07, 6.45) is 7.01. The summed E-state index contributed by atoms with van der Waals surface area (Å²) in [5.41, 5.74) is 2.32. The molecule has 1 aromatic rings. The van der Waals surface area contributed by atoms with Crippen LogP contribution in [0, 0.1) is 6.92 Å². The van der Waals surface area contributed by atoms with Gasteiger partial charge in [-0.25, -0.2) is 14.8 Å². The zero-order valence-corrected chi connectivity index (χ0v) is 10.2. The highest BCUT2D eigenvalue weighted by molar-refractivity contribution is 5.90. The Balaban J connectivity index is 2.25. The van der Waals surface area contributed by atoms with Gasteiger partial charge in [0.05, 0.1) is 17.9 Å². The second-order valence-corrected chi connectivity index (χ2v) is 4.03. The molecule has 1 aliphatic rings. The zero-order chi connectivity index (χ0) is 12.3. The number of carbonyl (C=O) groups excluding carboxylic acids is 1. The largest absolute Gasteiger partial charge is 0.462 e. The molecule has 0 amide bonds. The number of nitrogens with zero attached hydrogens (tertiary/aromatic N) is 2. The van der Waals surface area contributed by atoms with Gasteiger partial charge in [-0.15, -0.1) is 0 Å². The first kappa shape index (κ1) is 11.8. The van der Waals surface area contributed by atoms with Crippen LogP contribution in [0.15, 0.2) is 12.3 Å². The van der Waals surface area contributed by atoms with Crippen molar-refractivity contribution in [2.45, 2.75) is 33.1 Å². The molecule has 0 N–H and O–H groups in total. The van der Waals surface area contributed by atoms with Gasteiger partial charge in [-0.1, -0.05) is 6.08 Å². The number of esters is 1. The summed E-state index contributed by atoms with van der Waals surface area (Å²) in [5, 5.41) is 0. The molecule has 1 heterocycles. The maximum absolute atomic E-state index is 11.6. The number of aromatic nitrogens is 2. The summed E-state index contributed by atoms with van der Waals surface area (Å²) in [7, 11) is 0. The lowest BCUT2D eigenvalue weighted by Crippen LogP contribution is -2.10. The predicted molar refractivity (Wildman–Crippen MR) is 64.6 cm³/mol. The topological polar surface area (TPSA) is 52.1 Å². The van der Waals surface area contributed by atoms with Gasteiger partial charge in [0.25, 0.3) is 0 Å². The van der Waals surface area contributed by atoms with Gasteiger partial charge in [0.2, 0.25) is 0 Å². The number of ether oxygens (including phenoxy) is 1. The molecule has 2 rings (SSSR count). The van der Waals surface area contributed by atoms with Crippen molar-refractivity contribution in [3.05, 3.63) is 29.4 Å². The molecule has 0 radical (unpaired) electrons. The van der Waals surface area contributed by atoms with E-state index >= 15 is 0 Å². The molecule has 0 fully saturated rings. The fourth-order valence-electron chi connectivity index (χ4n) is 1.90. The Morgan fingerprint density at radius 2 is 2.35 bits per heavy atom. The van der Waals surface area contributed by atoms with Gasteiger partial charge in [0, 0.05) is 6.20 Å². The lowest BCUT2D eigenvalue weighted by molar-refractivity contribution is 0.0524. The smallest absolute Gasteiger partial charge is 0.341 e. The van der Waals surface area contributed by atoms with Crippen LogP contribution in [0.4, 0.5) is 0 Å². The average molecular weight is 232 g/mol. The van der Waals surface area contributed by atoms with Crippen LogP contribution in [-0.4, -0.2) is 22.5 Å². The summed E-state index contributed by atoms with van der Waals surface area (Å²) < 4.78 is 4.94. The van der Waals surface area contributed by atoms with Gasteiger partial charge in [-0.05, 0) is 38.7 Å². The van der Waals surface area contributed by atoms with Crippen LogP contribution in [-0.2, 0) is 4.74 Å². The van der Waals surface area contributed by atoms with E-state index in [-0.39, 0.29) is 5.97 Å². The van der Waals surface area contributed by atoms with Crippen molar-refractivity contribution < 1.29 is 9.53 Å². The minimum Gasteiger partial charge on any atom is -0.462 e.